The number of rotatable bonds is 5. The van der Waals surface area contributed by atoms with Crippen molar-refractivity contribution in [3.8, 4) is 5.69 Å². The van der Waals surface area contributed by atoms with Gasteiger partial charge in [-0.25, -0.2) is 0 Å². The smallest absolute Gasteiger partial charge is 0.263 e. The van der Waals surface area contributed by atoms with E-state index in [9.17, 15) is 4.79 Å². The fraction of sp³-hybridized carbons (Fsp3) is 0.333. The molecule has 0 radical (unpaired) electrons. The van der Waals surface area contributed by atoms with E-state index < -0.39 is 0 Å². The van der Waals surface area contributed by atoms with Gasteiger partial charge in [0, 0.05) is 13.2 Å². The molecular formula is C9H11N5O2S. The van der Waals surface area contributed by atoms with Crippen LogP contribution in [-0.2, 0) is 0 Å². The summed E-state index contributed by atoms with van der Waals surface area (Å²) in [5, 5.41) is 23.9. The molecule has 90 valence electrons. The Morgan fingerprint density at radius 2 is 2.47 bits per heavy atom. The summed E-state index contributed by atoms with van der Waals surface area (Å²) in [4.78, 5) is 12.4. The highest BCUT2D eigenvalue weighted by Gasteiger charge is 2.14. The third kappa shape index (κ3) is 2.66. The Balaban J connectivity index is 2.11. The van der Waals surface area contributed by atoms with E-state index in [0.717, 1.165) is 0 Å². The summed E-state index contributed by atoms with van der Waals surface area (Å²) in [5.41, 5.74) is 0.654. The Hall–Kier alpha value is -1.80. The second-order valence-corrected chi connectivity index (χ2v) is 4.14. The molecule has 17 heavy (non-hydrogen) atoms. The van der Waals surface area contributed by atoms with Gasteiger partial charge in [0.1, 0.15) is 11.2 Å². The van der Waals surface area contributed by atoms with E-state index in [-0.39, 0.29) is 12.5 Å². The highest BCUT2D eigenvalue weighted by molar-refractivity contribution is 7.12. The van der Waals surface area contributed by atoms with Crippen LogP contribution in [0.3, 0.4) is 0 Å². The van der Waals surface area contributed by atoms with Crippen molar-refractivity contribution < 1.29 is 9.90 Å². The molecule has 2 aromatic heterocycles. The van der Waals surface area contributed by atoms with E-state index in [1.807, 2.05) is 0 Å². The average molecular weight is 253 g/mol. The van der Waals surface area contributed by atoms with Crippen molar-refractivity contribution in [3.05, 3.63) is 22.7 Å². The van der Waals surface area contributed by atoms with Crippen molar-refractivity contribution in [1.29, 1.82) is 0 Å². The summed E-state index contributed by atoms with van der Waals surface area (Å²) >= 11 is 1.32. The lowest BCUT2D eigenvalue weighted by Crippen LogP contribution is -2.25. The number of nitrogens with zero attached hydrogens (tertiary/aromatic N) is 4. The third-order valence-corrected chi connectivity index (χ3v) is 2.97. The Bertz CT molecular complexity index is 481. The number of aromatic nitrogens is 4. The number of carbonyl (C=O) groups excluding carboxylic acids is 1. The predicted molar refractivity (Wildman–Crippen MR) is 61.1 cm³/mol. The summed E-state index contributed by atoms with van der Waals surface area (Å²) in [6.45, 7) is 0.507. The maximum absolute atomic E-state index is 11.8. The van der Waals surface area contributed by atoms with Gasteiger partial charge >= 0.3 is 0 Å². The summed E-state index contributed by atoms with van der Waals surface area (Å²) in [6, 6.07) is 1.78. The molecule has 0 spiro atoms. The molecule has 0 saturated heterocycles. The molecule has 0 aliphatic carbocycles. The minimum Gasteiger partial charge on any atom is -0.396 e. The number of carbonyl (C=O) groups is 1. The topological polar surface area (TPSA) is 92.9 Å². The maximum atomic E-state index is 11.8. The van der Waals surface area contributed by atoms with Gasteiger partial charge in [0.25, 0.3) is 5.91 Å². The number of nitrogens with one attached hydrogen (secondary N) is 1. The first-order valence-electron chi connectivity index (χ1n) is 5.03. The normalized spacial score (nSPS) is 10.4. The SMILES string of the molecule is O=C(NCCCO)c1sccc1-n1cnnn1. The molecule has 0 fully saturated rings. The number of thiophene rings is 1. The Morgan fingerprint density at radius 1 is 1.59 bits per heavy atom. The summed E-state index contributed by atoms with van der Waals surface area (Å²) in [6.07, 6.45) is 1.98. The summed E-state index contributed by atoms with van der Waals surface area (Å²) in [5.74, 6) is -0.182. The zero-order valence-corrected chi connectivity index (χ0v) is 9.72. The molecule has 0 unspecified atom stereocenters. The second kappa shape index (κ2) is 5.51. The molecule has 8 heteroatoms. The van der Waals surface area contributed by atoms with Crippen molar-refractivity contribution in [2.45, 2.75) is 6.42 Å². The molecule has 1 amide bonds. The fourth-order valence-corrected chi connectivity index (χ4v) is 2.08. The second-order valence-electron chi connectivity index (χ2n) is 3.22. The molecule has 0 aromatic carbocycles. The van der Waals surface area contributed by atoms with Gasteiger partial charge in [0.2, 0.25) is 0 Å². The number of hydrogen-bond donors (Lipinski definition) is 2. The molecule has 0 aliphatic rings. The van der Waals surface area contributed by atoms with Crippen molar-refractivity contribution >= 4 is 17.2 Å². The van der Waals surface area contributed by atoms with Gasteiger partial charge in [-0.2, -0.15) is 4.68 Å². The fourth-order valence-electron chi connectivity index (χ4n) is 1.29. The van der Waals surface area contributed by atoms with Crippen LogP contribution in [0.15, 0.2) is 17.8 Å². The van der Waals surface area contributed by atoms with Crippen molar-refractivity contribution in [3.63, 3.8) is 0 Å². The van der Waals surface area contributed by atoms with Gasteiger partial charge in [0.05, 0.1) is 5.69 Å². The van der Waals surface area contributed by atoms with E-state index in [0.29, 0.717) is 23.5 Å². The molecule has 0 bridgehead atoms. The van der Waals surface area contributed by atoms with Crippen LogP contribution < -0.4 is 5.32 Å². The lowest BCUT2D eigenvalue weighted by Gasteiger charge is -2.04. The first-order valence-corrected chi connectivity index (χ1v) is 5.91. The van der Waals surface area contributed by atoms with Gasteiger partial charge in [0.15, 0.2) is 0 Å². The van der Waals surface area contributed by atoms with E-state index in [2.05, 4.69) is 20.8 Å². The lowest BCUT2D eigenvalue weighted by molar-refractivity contribution is 0.0955. The standard InChI is InChI=1S/C9H11N5O2S/c15-4-1-3-10-9(16)8-7(2-5-17-8)14-6-11-12-13-14/h2,5-6,15H,1,3-4H2,(H,10,16). The van der Waals surface area contributed by atoms with Gasteiger partial charge in [-0.15, -0.1) is 16.4 Å². The minimum atomic E-state index is -0.182. The number of aliphatic hydroxyl groups is 1. The molecular weight excluding hydrogens is 242 g/mol. The Labute approximate surface area is 101 Å². The zero-order valence-electron chi connectivity index (χ0n) is 8.91. The van der Waals surface area contributed by atoms with Crippen LogP contribution in [0.5, 0.6) is 0 Å². The first-order chi connectivity index (χ1) is 8.33. The van der Waals surface area contributed by atoms with Crippen LogP contribution in [0.1, 0.15) is 16.1 Å². The molecule has 0 aliphatic heterocycles. The lowest BCUT2D eigenvalue weighted by atomic mass is 10.3. The summed E-state index contributed by atoms with van der Waals surface area (Å²) in [7, 11) is 0. The van der Waals surface area contributed by atoms with Crippen LogP contribution in [0.25, 0.3) is 5.69 Å². The van der Waals surface area contributed by atoms with Crippen LogP contribution in [0.4, 0.5) is 0 Å². The predicted octanol–water partition coefficient (Wildman–Crippen LogP) is -0.164. The van der Waals surface area contributed by atoms with E-state index in [4.69, 9.17) is 5.11 Å². The van der Waals surface area contributed by atoms with Crippen LogP contribution >= 0.6 is 11.3 Å². The quantitative estimate of drug-likeness (QED) is 0.722. The number of hydrogen-bond acceptors (Lipinski definition) is 6. The monoisotopic (exact) mass is 253 g/mol. The molecule has 7 nitrogen and oxygen atoms in total. The number of aliphatic hydroxyl groups excluding tert-OH is 1. The van der Waals surface area contributed by atoms with Crippen molar-refractivity contribution in [2.24, 2.45) is 0 Å². The van der Waals surface area contributed by atoms with Gasteiger partial charge < -0.3 is 10.4 Å². The maximum Gasteiger partial charge on any atom is 0.263 e. The molecule has 2 heterocycles. The molecule has 0 atom stereocenters. The molecule has 2 N–H and O–H groups in total. The Kier molecular flexibility index (Phi) is 3.78. The van der Waals surface area contributed by atoms with Crippen LogP contribution in [0, 0.1) is 0 Å². The Morgan fingerprint density at radius 3 is 3.18 bits per heavy atom. The van der Waals surface area contributed by atoms with Crippen molar-refractivity contribution in [1.82, 2.24) is 25.5 Å². The van der Waals surface area contributed by atoms with Gasteiger partial charge in [-0.3, -0.25) is 4.79 Å². The third-order valence-electron chi connectivity index (χ3n) is 2.07. The zero-order chi connectivity index (χ0) is 12.1. The van der Waals surface area contributed by atoms with E-state index in [1.165, 1.54) is 22.3 Å². The van der Waals surface area contributed by atoms with Crippen LogP contribution in [0.2, 0.25) is 0 Å². The average Bonchev–Trinajstić information content (AvgIpc) is 2.99. The largest absolute Gasteiger partial charge is 0.396 e. The van der Waals surface area contributed by atoms with E-state index in [1.54, 1.807) is 11.4 Å². The first kappa shape index (κ1) is 11.7. The number of amides is 1. The van der Waals surface area contributed by atoms with E-state index >= 15 is 0 Å². The van der Waals surface area contributed by atoms with Crippen LogP contribution in [-0.4, -0.2) is 44.4 Å². The molecule has 2 aromatic rings. The highest BCUT2D eigenvalue weighted by Crippen LogP contribution is 2.19. The van der Waals surface area contributed by atoms with Gasteiger partial charge in [-0.1, -0.05) is 0 Å². The minimum absolute atomic E-state index is 0.0601. The van der Waals surface area contributed by atoms with Crippen molar-refractivity contribution in [2.75, 3.05) is 13.2 Å². The molecule has 0 saturated carbocycles. The summed E-state index contributed by atoms with van der Waals surface area (Å²) < 4.78 is 1.44. The number of tetrazole rings is 1. The molecule has 2 rings (SSSR count). The van der Waals surface area contributed by atoms with Gasteiger partial charge in [-0.05, 0) is 28.3 Å². The highest BCUT2D eigenvalue weighted by atomic mass is 32.1.